The van der Waals surface area contributed by atoms with Crippen LogP contribution in [-0.2, 0) is 0 Å². The van der Waals surface area contributed by atoms with Crippen LogP contribution in [-0.4, -0.2) is 14.2 Å². The number of hydrogen-bond donors (Lipinski definition) is 0. The molecule has 0 aliphatic carbocycles. The van der Waals surface area contributed by atoms with E-state index in [2.05, 4.69) is 0 Å². The fraction of sp³-hybridized carbons (Fsp3) is 0.250. The van der Waals surface area contributed by atoms with Crippen molar-refractivity contribution in [2.24, 2.45) is 0 Å². The lowest BCUT2D eigenvalue weighted by Gasteiger charge is -2.06. The van der Waals surface area contributed by atoms with Gasteiger partial charge in [-0.2, -0.15) is 0 Å². The fourth-order valence-corrected chi connectivity index (χ4v) is 1.12. The maximum Gasteiger partial charge on any atom is 0.173 e. The van der Waals surface area contributed by atoms with Gasteiger partial charge in [0, 0.05) is 12.1 Å². The Morgan fingerprint density at radius 1 is 1.25 bits per heavy atom. The van der Waals surface area contributed by atoms with Gasteiger partial charge in [0.05, 0.1) is 19.2 Å². The zero-order valence-electron chi connectivity index (χ0n) is 6.73. The van der Waals surface area contributed by atoms with Gasteiger partial charge in [0.1, 0.15) is 5.75 Å². The predicted molar refractivity (Wildman–Crippen MR) is 44.5 cm³/mol. The molecule has 1 rings (SSSR count). The van der Waals surface area contributed by atoms with Crippen LogP contribution in [0.3, 0.4) is 0 Å². The van der Waals surface area contributed by atoms with Crippen LogP contribution in [0.5, 0.6) is 11.5 Å². The zero-order valence-corrected chi connectivity index (χ0v) is 7.48. The Morgan fingerprint density at radius 3 is 2.33 bits per heavy atom. The molecule has 4 heteroatoms. The first-order chi connectivity index (χ1) is 5.69. The molecule has 2 nitrogen and oxygen atoms in total. The van der Waals surface area contributed by atoms with Crippen LogP contribution in [0, 0.1) is 5.82 Å². The van der Waals surface area contributed by atoms with Gasteiger partial charge in [-0.1, -0.05) is 11.6 Å². The molecule has 0 saturated heterocycles. The molecular weight excluding hydrogens is 183 g/mol. The average molecular weight is 191 g/mol. The molecule has 12 heavy (non-hydrogen) atoms. The van der Waals surface area contributed by atoms with E-state index in [-0.39, 0.29) is 10.8 Å². The van der Waals surface area contributed by atoms with E-state index in [1.54, 1.807) is 0 Å². The molecule has 0 N–H and O–H groups in total. The summed E-state index contributed by atoms with van der Waals surface area (Å²) in [5.41, 5.74) is 0. The van der Waals surface area contributed by atoms with E-state index >= 15 is 0 Å². The molecule has 0 atom stereocenters. The van der Waals surface area contributed by atoms with Crippen molar-refractivity contribution in [3.8, 4) is 11.5 Å². The second kappa shape index (κ2) is 3.63. The summed E-state index contributed by atoms with van der Waals surface area (Å²) in [6.45, 7) is 0. The molecule has 0 bridgehead atoms. The molecule has 0 spiro atoms. The molecule has 1 aromatic rings. The van der Waals surface area contributed by atoms with Crippen molar-refractivity contribution < 1.29 is 13.9 Å². The third-order valence-corrected chi connectivity index (χ3v) is 1.69. The minimum absolute atomic E-state index is 0.0393. The van der Waals surface area contributed by atoms with Gasteiger partial charge in [0.25, 0.3) is 0 Å². The Labute approximate surface area is 74.9 Å². The molecule has 66 valence electrons. The highest BCUT2D eigenvalue weighted by atomic mass is 35.5. The standard InChI is InChI=1S/C8H8ClFO2/c1-11-5-3-6(9)8(12-2)7(10)4-5/h3-4H,1-2H3. The highest BCUT2D eigenvalue weighted by Gasteiger charge is 2.09. The molecule has 0 heterocycles. The van der Waals surface area contributed by atoms with Gasteiger partial charge in [-0.25, -0.2) is 4.39 Å². The second-order valence-electron chi connectivity index (χ2n) is 2.12. The van der Waals surface area contributed by atoms with Gasteiger partial charge in [-0.15, -0.1) is 0 Å². The summed E-state index contributed by atoms with van der Waals surface area (Å²) in [6.07, 6.45) is 0. The SMILES string of the molecule is COc1cc(F)c(OC)c(Cl)c1. The summed E-state index contributed by atoms with van der Waals surface area (Å²) in [6, 6.07) is 2.70. The first-order valence-corrected chi connectivity index (χ1v) is 3.64. The number of ether oxygens (including phenoxy) is 2. The lowest BCUT2D eigenvalue weighted by molar-refractivity contribution is 0.377. The highest BCUT2D eigenvalue weighted by Crippen LogP contribution is 2.31. The van der Waals surface area contributed by atoms with Crippen LogP contribution >= 0.6 is 11.6 Å². The van der Waals surface area contributed by atoms with E-state index in [0.29, 0.717) is 5.75 Å². The highest BCUT2D eigenvalue weighted by molar-refractivity contribution is 6.32. The number of benzene rings is 1. The van der Waals surface area contributed by atoms with Gasteiger partial charge in [0.15, 0.2) is 11.6 Å². The van der Waals surface area contributed by atoms with Crippen molar-refractivity contribution >= 4 is 11.6 Å². The Hall–Kier alpha value is -0.960. The summed E-state index contributed by atoms with van der Waals surface area (Å²) in [5.74, 6) is -0.113. The Bertz CT molecular complexity index is 265. The van der Waals surface area contributed by atoms with Gasteiger partial charge in [0.2, 0.25) is 0 Å². The predicted octanol–water partition coefficient (Wildman–Crippen LogP) is 2.50. The summed E-state index contributed by atoms with van der Waals surface area (Å²) < 4.78 is 22.5. The number of methoxy groups -OCH3 is 2. The first-order valence-electron chi connectivity index (χ1n) is 3.26. The van der Waals surface area contributed by atoms with Gasteiger partial charge >= 0.3 is 0 Å². The van der Waals surface area contributed by atoms with Crippen LogP contribution in [0.4, 0.5) is 4.39 Å². The van der Waals surface area contributed by atoms with Crippen LogP contribution in [0.15, 0.2) is 12.1 Å². The van der Waals surface area contributed by atoms with Crippen LogP contribution in [0.1, 0.15) is 0 Å². The van der Waals surface area contributed by atoms with Gasteiger partial charge in [-0.05, 0) is 0 Å². The third-order valence-electron chi connectivity index (χ3n) is 1.41. The molecule has 0 fully saturated rings. The molecule has 1 aromatic carbocycles. The van der Waals surface area contributed by atoms with Crippen LogP contribution in [0.25, 0.3) is 0 Å². The van der Waals surface area contributed by atoms with Crippen molar-refractivity contribution in [2.75, 3.05) is 14.2 Å². The smallest absolute Gasteiger partial charge is 0.173 e. The normalized spacial score (nSPS) is 9.67. The lowest BCUT2D eigenvalue weighted by Crippen LogP contribution is -1.91. The van der Waals surface area contributed by atoms with Crippen molar-refractivity contribution in [1.82, 2.24) is 0 Å². The molecule has 0 unspecified atom stereocenters. The largest absolute Gasteiger partial charge is 0.497 e. The number of halogens is 2. The fourth-order valence-electron chi connectivity index (χ4n) is 0.849. The molecule has 0 radical (unpaired) electrons. The molecule has 0 saturated carbocycles. The number of rotatable bonds is 2. The summed E-state index contributed by atoms with van der Waals surface area (Å²) in [7, 11) is 2.80. The zero-order chi connectivity index (χ0) is 9.14. The number of hydrogen-bond acceptors (Lipinski definition) is 2. The summed E-state index contributed by atoms with van der Waals surface area (Å²) in [4.78, 5) is 0. The molecule has 0 aliphatic rings. The lowest BCUT2D eigenvalue weighted by atomic mass is 10.3. The second-order valence-corrected chi connectivity index (χ2v) is 2.53. The van der Waals surface area contributed by atoms with Gasteiger partial charge < -0.3 is 9.47 Å². The van der Waals surface area contributed by atoms with Crippen molar-refractivity contribution in [3.05, 3.63) is 23.0 Å². The third kappa shape index (κ3) is 1.61. The molecular formula is C8H8ClFO2. The maximum absolute atomic E-state index is 13.0. The van der Waals surface area contributed by atoms with E-state index in [4.69, 9.17) is 21.1 Å². The van der Waals surface area contributed by atoms with E-state index in [9.17, 15) is 4.39 Å². The van der Waals surface area contributed by atoms with Crippen molar-refractivity contribution in [3.63, 3.8) is 0 Å². The monoisotopic (exact) mass is 190 g/mol. The summed E-state index contributed by atoms with van der Waals surface area (Å²) in [5, 5.41) is 0.203. The van der Waals surface area contributed by atoms with Crippen LogP contribution < -0.4 is 9.47 Å². The Morgan fingerprint density at radius 2 is 1.92 bits per heavy atom. The van der Waals surface area contributed by atoms with E-state index in [1.165, 1.54) is 26.4 Å². The first kappa shape index (κ1) is 9.13. The quantitative estimate of drug-likeness (QED) is 0.714. The molecule has 0 aliphatic heterocycles. The molecule has 0 aromatic heterocycles. The Kier molecular flexibility index (Phi) is 2.76. The van der Waals surface area contributed by atoms with Crippen molar-refractivity contribution in [1.29, 1.82) is 0 Å². The topological polar surface area (TPSA) is 18.5 Å². The summed E-state index contributed by atoms with van der Waals surface area (Å²) >= 11 is 5.67. The maximum atomic E-state index is 13.0. The van der Waals surface area contributed by atoms with Crippen LogP contribution in [0.2, 0.25) is 5.02 Å². The van der Waals surface area contributed by atoms with Gasteiger partial charge in [-0.3, -0.25) is 0 Å². The van der Waals surface area contributed by atoms with Crippen molar-refractivity contribution in [2.45, 2.75) is 0 Å². The molecule has 0 amide bonds. The Balaban J connectivity index is 3.18. The van der Waals surface area contributed by atoms with E-state index in [0.717, 1.165) is 0 Å². The average Bonchev–Trinajstić information content (AvgIpc) is 2.03. The minimum Gasteiger partial charge on any atom is -0.497 e. The van der Waals surface area contributed by atoms with E-state index in [1.807, 2.05) is 0 Å². The minimum atomic E-state index is -0.526. The van der Waals surface area contributed by atoms with E-state index < -0.39 is 5.82 Å².